The van der Waals surface area contributed by atoms with Gasteiger partial charge in [0.25, 0.3) is 0 Å². The molecule has 0 saturated heterocycles. The van der Waals surface area contributed by atoms with E-state index in [1.54, 1.807) is 18.3 Å². The van der Waals surface area contributed by atoms with Crippen LogP contribution in [0.25, 0.3) is 0 Å². The number of benzene rings is 1. The van der Waals surface area contributed by atoms with Crippen molar-refractivity contribution in [2.24, 2.45) is 0 Å². The van der Waals surface area contributed by atoms with E-state index in [9.17, 15) is 0 Å². The molecule has 0 spiro atoms. The summed E-state index contributed by atoms with van der Waals surface area (Å²) in [6.45, 7) is 4.31. The fraction of sp³-hybridized carbons (Fsp3) is 0.214. The highest BCUT2D eigenvalue weighted by Gasteiger charge is 2.04. The smallest absolute Gasteiger partial charge is 0.130 e. The van der Waals surface area contributed by atoms with Crippen LogP contribution in [0.3, 0.4) is 0 Å². The second-order valence-electron chi connectivity index (χ2n) is 4.13. The van der Waals surface area contributed by atoms with Gasteiger partial charge in [0.05, 0.1) is 5.69 Å². The molecule has 1 aromatic carbocycles. The standard InChI is InChI=1S/C14H13Cl2NO/c1-9-5-13(6-10(2)14(9)16)18-8-12-7-11(15)3-4-17-12/h3-7H,8H2,1-2H3. The largest absolute Gasteiger partial charge is 0.487 e. The van der Waals surface area contributed by atoms with Crippen molar-refractivity contribution in [1.29, 1.82) is 0 Å². The molecule has 0 aliphatic carbocycles. The molecular weight excluding hydrogens is 269 g/mol. The molecule has 4 heteroatoms. The summed E-state index contributed by atoms with van der Waals surface area (Å²) in [5, 5.41) is 1.44. The summed E-state index contributed by atoms with van der Waals surface area (Å²) in [6.07, 6.45) is 1.67. The molecule has 0 atom stereocenters. The van der Waals surface area contributed by atoms with Crippen molar-refractivity contribution in [2.75, 3.05) is 0 Å². The Morgan fingerprint density at radius 3 is 2.39 bits per heavy atom. The summed E-state index contributed by atoms with van der Waals surface area (Å²) in [4.78, 5) is 4.18. The van der Waals surface area contributed by atoms with Crippen LogP contribution in [0.5, 0.6) is 5.75 Å². The molecule has 2 rings (SSSR count). The van der Waals surface area contributed by atoms with Gasteiger partial charge in [-0.2, -0.15) is 0 Å². The second-order valence-corrected chi connectivity index (χ2v) is 4.94. The molecule has 0 aliphatic heterocycles. The molecule has 1 aromatic heterocycles. The van der Waals surface area contributed by atoms with E-state index in [2.05, 4.69) is 4.98 Å². The molecule has 18 heavy (non-hydrogen) atoms. The fourth-order valence-corrected chi connectivity index (χ4v) is 1.97. The Balaban J connectivity index is 2.11. The maximum atomic E-state index is 6.10. The van der Waals surface area contributed by atoms with Gasteiger partial charge in [0, 0.05) is 16.2 Å². The molecule has 0 N–H and O–H groups in total. The molecule has 1 heterocycles. The van der Waals surface area contributed by atoms with Crippen LogP contribution < -0.4 is 4.74 Å². The van der Waals surface area contributed by atoms with Gasteiger partial charge in [0.1, 0.15) is 12.4 Å². The first-order valence-electron chi connectivity index (χ1n) is 5.56. The number of aryl methyl sites for hydroxylation is 2. The predicted octanol–water partition coefficient (Wildman–Crippen LogP) is 4.58. The van der Waals surface area contributed by atoms with E-state index in [0.29, 0.717) is 11.6 Å². The molecule has 0 aliphatic rings. The third kappa shape index (κ3) is 3.15. The van der Waals surface area contributed by atoms with Gasteiger partial charge in [0.2, 0.25) is 0 Å². The Morgan fingerprint density at radius 1 is 1.11 bits per heavy atom. The maximum Gasteiger partial charge on any atom is 0.130 e. The third-order valence-electron chi connectivity index (χ3n) is 2.58. The van der Waals surface area contributed by atoms with Gasteiger partial charge in [-0.25, -0.2) is 0 Å². The van der Waals surface area contributed by atoms with Gasteiger partial charge in [-0.1, -0.05) is 23.2 Å². The van der Waals surface area contributed by atoms with Crippen LogP contribution >= 0.6 is 23.2 Å². The third-order valence-corrected chi connectivity index (χ3v) is 3.41. The van der Waals surface area contributed by atoms with Gasteiger partial charge in [-0.3, -0.25) is 4.98 Å². The number of nitrogens with zero attached hydrogens (tertiary/aromatic N) is 1. The lowest BCUT2D eigenvalue weighted by molar-refractivity contribution is 0.301. The summed E-state index contributed by atoms with van der Waals surface area (Å²) >= 11 is 12.0. The van der Waals surface area contributed by atoms with Crippen molar-refractivity contribution >= 4 is 23.2 Å². The number of rotatable bonds is 3. The zero-order valence-corrected chi connectivity index (χ0v) is 11.7. The second kappa shape index (κ2) is 5.59. The van der Waals surface area contributed by atoms with Gasteiger partial charge >= 0.3 is 0 Å². The van der Waals surface area contributed by atoms with Crippen molar-refractivity contribution in [3.8, 4) is 5.75 Å². The topological polar surface area (TPSA) is 22.1 Å². The zero-order valence-electron chi connectivity index (χ0n) is 10.2. The number of hydrogen-bond donors (Lipinski definition) is 0. The SMILES string of the molecule is Cc1cc(OCc2cc(Cl)ccn2)cc(C)c1Cl. The molecule has 0 amide bonds. The first kappa shape index (κ1) is 13.2. The number of pyridine rings is 1. The highest BCUT2D eigenvalue weighted by atomic mass is 35.5. The lowest BCUT2D eigenvalue weighted by atomic mass is 10.1. The minimum absolute atomic E-state index is 0.390. The van der Waals surface area contributed by atoms with Crippen molar-refractivity contribution in [2.45, 2.75) is 20.5 Å². The fourth-order valence-electron chi connectivity index (χ4n) is 1.67. The van der Waals surface area contributed by atoms with E-state index >= 15 is 0 Å². The zero-order chi connectivity index (χ0) is 13.1. The molecule has 2 nitrogen and oxygen atoms in total. The van der Waals surface area contributed by atoms with Gasteiger partial charge in [-0.15, -0.1) is 0 Å². The lowest BCUT2D eigenvalue weighted by Crippen LogP contribution is -1.98. The van der Waals surface area contributed by atoms with Crippen molar-refractivity contribution in [1.82, 2.24) is 4.98 Å². The van der Waals surface area contributed by atoms with Gasteiger partial charge in [-0.05, 0) is 49.2 Å². The van der Waals surface area contributed by atoms with Crippen LogP contribution in [0.4, 0.5) is 0 Å². The van der Waals surface area contributed by atoms with Crippen molar-refractivity contribution in [3.05, 3.63) is 57.3 Å². The van der Waals surface area contributed by atoms with Crippen molar-refractivity contribution in [3.63, 3.8) is 0 Å². The Kier molecular flexibility index (Phi) is 4.10. The average Bonchev–Trinajstić information content (AvgIpc) is 2.33. The van der Waals surface area contributed by atoms with Crippen LogP contribution in [-0.4, -0.2) is 4.98 Å². The Labute approximate surface area is 117 Å². The van der Waals surface area contributed by atoms with E-state index in [1.807, 2.05) is 26.0 Å². The number of ether oxygens (including phenoxy) is 1. The Hall–Kier alpha value is -1.25. The van der Waals surface area contributed by atoms with E-state index in [4.69, 9.17) is 27.9 Å². The summed E-state index contributed by atoms with van der Waals surface area (Å²) in [5.74, 6) is 0.788. The molecular formula is C14H13Cl2NO. The highest BCUT2D eigenvalue weighted by Crippen LogP contribution is 2.26. The monoisotopic (exact) mass is 281 g/mol. The lowest BCUT2D eigenvalue weighted by Gasteiger charge is -2.09. The van der Waals surface area contributed by atoms with Gasteiger partial charge < -0.3 is 4.74 Å². The summed E-state index contributed by atoms with van der Waals surface area (Å²) < 4.78 is 5.68. The number of aromatic nitrogens is 1. The van der Waals surface area contributed by atoms with Crippen molar-refractivity contribution < 1.29 is 4.74 Å². The number of hydrogen-bond acceptors (Lipinski definition) is 2. The molecule has 2 aromatic rings. The maximum absolute atomic E-state index is 6.10. The number of halogens is 2. The average molecular weight is 282 g/mol. The first-order valence-corrected chi connectivity index (χ1v) is 6.32. The molecule has 0 unspecified atom stereocenters. The van der Waals surface area contributed by atoms with Gasteiger partial charge in [0.15, 0.2) is 0 Å². The van der Waals surface area contributed by atoms with Crippen LogP contribution in [-0.2, 0) is 6.61 Å². The minimum atomic E-state index is 0.390. The molecule has 94 valence electrons. The van der Waals surface area contributed by atoms with E-state index in [1.165, 1.54) is 0 Å². The highest BCUT2D eigenvalue weighted by molar-refractivity contribution is 6.32. The van der Waals surface area contributed by atoms with E-state index in [0.717, 1.165) is 27.6 Å². The Bertz CT molecular complexity index is 546. The molecule has 0 saturated carbocycles. The quantitative estimate of drug-likeness (QED) is 0.821. The van der Waals surface area contributed by atoms with Crippen LogP contribution in [0.1, 0.15) is 16.8 Å². The normalized spacial score (nSPS) is 10.4. The molecule has 0 fully saturated rings. The summed E-state index contributed by atoms with van der Waals surface area (Å²) in [5.41, 5.74) is 2.81. The summed E-state index contributed by atoms with van der Waals surface area (Å²) in [6, 6.07) is 7.36. The predicted molar refractivity (Wildman–Crippen MR) is 74.5 cm³/mol. The van der Waals surface area contributed by atoms with E-state index in [-0.39, 0.29) is 0 Å². The molecule has 0 radical (unpaired) electrons. The summed E-state index contributed by atoms with van der Waals surface area (Å²) in [7, 11) is 0. The minimum Gasteiger partial charge on any atom is -0.487 e. The van der Waals surface area contributed by atoms with Crippen LogP contribution in [0.2, 0.25) is 10.0 Å². The first-order chi connectivity index (χ1) is 8.56. The van der Waals surface area contributed by atoms with Crippen LogP contribution in [0, 0.1) is 13.8 Å². The Morgan fingerprint density at radius 2 is 1.78 bits per heavy atom. The van der Waals surface area contributed by atoms with E-state index < -0.39 is 0 Å². The van der Waals surface area contributed by atoms with Crippen LogP contribution in [0.15, 0.2) is 30.5 Å². The molecule has 0 bridgehead atoms.